The lowest BCUT2D eigenvalue weighted by molar-refractivity contribution is 0.676. The molecule has 0 fully saturated rings. The Morgan fingerprint density at radius 1 is 0.950 bits per heavy atom. The summed E-state index contributed by atoms with van der Waals surface area (Å²) in [5, 5.41) is 1.31. The van der Waals surface area contributed by atoms with Crippen molar-refractivity contribution in [2.75, 3.05) is 0 Å². The topological polar surface area (TPSA) is 4.93 Å². The minimum Gasteiger partial charge on any atom is -0.340 e. The first-order chi connectivity index (χ1) is 9.90. The number of benzene rings is 2. The van der Waals surface area contributed by atoms with Gasteiger partial charge in [0, 0.05) is 23.1 Å². The van der Waals surface area contributed by atoms with Crippen molar-refractivity contribution in [3.8, 4) is 11.3 Å². The number of hydrogen-bond donors (Lipinski definition) is 0. The van der Waals surface area contributed by atoms with Crippen molar-refractivity contribution < 1.29 is 0 Å². The minimum atomic E-state index is 1.03. The molecule has 0 unspecified atom stereocenters. The monoisotopic (exact) mass is 261 g/mol. The molecule has 0 bridgehead atoms. The minimum absolute atomic E-state index is 1.03. The zero-order valence-corrected chi connectivity index (χ0v) is 11.6. The Morgan fingerprint density at radius 3 is 2.50 bits per heavy atom. The van der Waals surface area contributed by atoms with Gasteiger partial charge < -0.3 is 4.57 Å². The molecule has 0 radical (unpaired) electrons. The standard InChI is InChI=1S/C19H19N/c1-2-3-9-14-20-18-13-8-7-12-17(18)15-19(20)16-10-5-4-6-11-16/h2,4-8,10-13,15H,1,3,9,14H2. The quantitative estimate of drug-likeness (QED) is 0.435. The van der Waals surface area contributed by atoms with Crippen LogP contribution in [0.5, 0.6) is 0 Å². The van der Waals surface area contributed by atoms with Crippen molar-refractivity contribution in [1.29, 1.82) is 0 Å². The molecule has 0 saturated carbocycles. The second-order valence-electron chi connectivity index (χ2n) is 5.04. The molecule has 1 nitrogen and oxygen atoms in total. The van der Waals surface area contributed by atoms with Crippen LogP contribution in [0.25, 0.3) is 22.2 Å². The third kappa shape index (κ3) is 2.39. The number of allylic oxidation sites excluding steroid dienone is 1. The summed E-state index contributed by atoms with van der Waals surface area (Å²) < 4.78 is 2.42. The van der Waals surface area contributed by atoms with E-state index in [0.717, 1.165) is 19.4 Å². The van der Waals surface area contributed by atoms with E-state index in [9.17, 15) is 0 Å². The molecular weight excluding hydrogens is 242 g/mol. The lowest BCUT2D eigenvalue weighted by Crippen LogP contribution is -1.99. The molecule has 0 spiro atoms. The van der Waals surface area contributed by atoms with Gasteiger partial charge in [-0.15, -0.1) is 6.58 Å². The summed E-state index contributed by atoms with van der Waals surface area (Å²) in [6.45, 7) is 4.84. The van der Waals surface area contributed by atoms with Gasteiger partial charge in [0.15, 0.2) is 0 Å². The molecule has 1 heteroatoms. The predicted octanol–water partition coefficient (Wildman–Crippen LogP) is 5.27. The van der Waals surface area contributed by atoms with E-state index in [4.69, 9.17) is 0 Å². The molecular formula is C19H19N. The van der Waals surface area contributed by atoms with Crippen molar-refractivity contribution in [3.63, 3.8) is 0 Å². The zero-order chi connectivity index (χ0) is 13.8. The summed E-state index contributed by atoms with van der Waals surface area (Å²) >= 11 is 0. The number of hydrogen-bond acceptors (Lipinski definition) is 0. The van der Waals surface area contributed by atoms with E-state index in [1.165, 1.54) is 22.2 Å². The van der Waals surface area contributed by atoms with Crippen LogP contribution in [-0.2, 0) is 6.54 Å². The van der Waals surface area contributed by atoms with Crippen LogP contribution in [0.1, 0.15) is 12.8 Å². The number of nitrogens with zero attached hydrogens (tertiary/aromatic N) is 1. The third-order valence-electron chi connectivity index (χ3n) is 3.67. The number of aryl methyl sites for hydroxylation is 1. The highest BCUT2D eigenvalue weighted by Gasteiger charge is 2.09. The molecule has 2 aromatic carbocycles. The average molecular weight is 261 g/mol. The number of aromatic nitrogens is 1. The number of para-hydroxylation sites is 1. The van der Waals surface area contributed by atoms with E-state index in [1.807, 2.05) is 6.08 Å². The fraction of sp³-hybridized carbons (Fsp3) is 0.158. The molecule has 3 rings (SSSR count). The summed E-state index contributed by atoms with van der Waals surface area (Å²) in [6.07, 6.45) is 4.18. The van der Waals surface area contributed by atoms with Gasteiger partial charge in [0.1, 0.15) is 0 Å². The van der Waals surface area contributed by atoms with Gasteiger partial charge in [0.05, 0.1) is 0 Å². The third-order valence-corrected chi connectivity index (χ3v) is 3.67. The summed E-state index contributed by atoms with van der Waals surface area (Å²) in [5.41, 5.74) is 3.90. The second kappa shape index (κ2) is 5.79. The van der Waals surface area contributed by atoms with Crippen LogP contribution in [-0.4, -0.2) is 4.57 Å². The summed E-state index contributed by atoms with van der Waals surface area (Å²) in [7, 11) is 0. The first-order valence-electron chi connectivity index (χ1n) is 7.15. The van der Waals surface area contributed by atoms with Crippen LogP contribution >= 0.6 is 0 Å². The van der Waals surface area contributed by atoms with Crippen LogP contribution in [0.15, 0.2) is 73.3 Å². The maximum atomic E-state index is 3.81. The second-order valence-corrected chi connectivity index (χ2v) is 5.04. The van der Waals surface area contributed by atoms with Gasteiger partial charge in [-0.25, -0.2) is 0 Å². The molecule has 1 aromatic heterocycles. The van der Waals surface area contributed by atoms with Gasteiger partial charge in [-0.3, -0.25) is 0 Å². The SMILES string of the molecule is C=CCCCn1c(-c2ccccc2)cc2ccccc21. The van der Waals surface area contributed by atoms with Crippen molar-refractivity contribution in [2.24, 2.45) is 0 Å². The molecule has 3 aromatic rings. The molecule has 0 N–H and O–H groups in total. The maximum Gasteiger partial charge on any atom is 0.0491 e. The highest BCUT2D eigenvalue weighted by atomic mass is 15.0. The van der Waals surface area contributed by atoms with Crippen molar-refractivity contribution in [3.05, 3.63) is 73.3 Å². The Hall–Kier alpha value is -2.28. The van der Waals surface area contributed by atoms with Gasteiger partial charge in [-0.1, -0.05) is 54.6 Å². The van der Waals surface area contributed by atoms with Crippen LogP contribution < -0.4 is 0 Å². The van der Waals surface area contributed by atoms with E-state index in [-0.39, 0.29) is 0 Å². The lowest BCUT2D eigenvalue weighted by Gasteiger charge is -2.10. The Morgan fingerprint density at radius 2 is 1.70 bits per heavy atom. The van der Waals surface area contributed by atoms with Gasteiger partial charge in [-0.05, 0) is 30.5 Å². The summed E-state index contributed by atoms with van der Waals surface area (Å²) in [4.78, 5) is 0. The number of fused-ring (bicyclic) bond motifs is 1. The van der Waals surface area contributed by atoms with Gasteiger partial charge in [-0.2, -0.15) is 0 Å². The molecule has 0 saturated heterocycles. The van der Waals surface area contributed by atoms with E-state index < -0.39 is 0 Å². The van der Waals surface area contributed by atoms with Crippen molar-refractivity contribution in [2.45, 2.75) is 19.4 Å². The Labute approximate surface area is 120 Å². The average Bonchev–Trinajstić information content (AvgIpc) is 2.87. The molecule has 0 aliphatic heterocycles. The molecule has 0 amide bonds. The normalized spacial score (nSPS) is 10.8. The van der Waals surface area contributed by atoms with Crippen LogP contribution in [0.2, 0.25) is 0 Å². The van der Waals surface area contributed by atoms with E-state index in [1.54, 1.807) is 0 Å². The first-order valence-corrected chi connectivity index (χ1v) is 7.15. The van der Waals surface area contributed by atoms with Gasteiger partial charge in [0.2, 0.25) is 0 Å². The van der Waals surface area contributed by atoms with Gasteiger partial charge >= 0.3 is 0 Å². The van der Waals surface area contributed by atoms with E-state index in [2.05, 4.69) is 71.8 Å². The highest BCUT2D eigenvalue weighted by molar-refractivity contribution is 5.87. The summed E-state index contributed by atoms with van der Waals surface area (Å²) in [5.74, 6) is 0. The Bertz CT molecular complexity index is 707. The molecule has 100 valence electrons. The van der Waals surface area contributed by atoms with Crippen molar-refractivity contribution >= 4 is 10.9 Å². The highest BCUT2D eigenvalue weighted by Crippen LogP contribution is 2.28. The lowest BCUT2D eigenvalue weighted by atomic mass is 10.1. The van der Waals surface area contributed by atoms with Crippen molar-refractivity contribution in [1.82, 2.24) is 4.57 Å². The fourth-order valence-electron chi connectivity index (χ4n) is 2.69. The molecule has 20 heavy (non-hydrogen) atoms. The zero-order valence-electron chi connectivity index (χ0n) is 11.6. The van der Waals surface area contributed by atoms with Crippen LogP contribution in [0.4, 0.5) is 0 Å². The summed E-state index contributed by atoms with van der Waals surface area (Å²) in [6, 6.07) is 21.5. The molecule has 0 atom stereocenters. The Kier molecular flexibility index (Phi) is 3.69. The number of rotatable bonds is 5. The molecule has 0 aliphatic rings. The fourth-order valence-corrected chi connectivity index (χ4v) is 2.69. The first kappa shape index (κ1) is 12.7. The van der Waals surface area contributed by atoms with Gasteiger partial charge in [0.25, 0.3) is 0 Å². The number of unbranched alkanes of at least 4 members (excludes halogenated alkanes) is 1. The van der Waals surface area contributed by atoms with E-state index >= 15 is 0 Å². The molecule has 0 aliphatic carbocycles. The largest absolute Gasteiger partial charge is 0.340 e. The van der Waals surface area contributed by atoms with E-state index in [0.29, 0.717) is 0 Å². The van der Waals surface area contributed by atoms with Crippen LogP contribution in [0, 0.1) is 0 Å². The smallest absolute Gasteiger partial charge is 0.0491 e. The predicted molar refractivity (Wildman–Crippen MR) is 86.8 cm³/mol. The molecule has 1 heterocycles. The Balaban J connectivity index is 2.10. The van der Waals surface area contributed by atoms with Crippen LogP contribution in [0.3, 0.4) is 0 Å². The maximum absolute atomic E-state index is 3.81.